The van der Waals surface area contributed by atoms with Crippen LogP contribution in [-0.2, 0) is 20.0 Å². The molecule has 0 atom stereocenters. The Labute approximate surface area is 173 Å². The maximum Gasteiger partial charge on any atom is 0.517 e. The minimum atomic E-state index is -7.20. The fraction of sp³-hybridized carbons (Fsp3) is 0.143. The summed E-state index contributed by atoms with van der Waals surface area (Å²) in [6, 6.07) is 2.62. The van der Waals surface area contributed by atoms with Crippen molar-refractivity contribution >= 4 is 31.4 Å². The lowest BCUT2D eigenvalue weighted by atomic mass is 10.3. The van der Waals surface area contributed by atoms with Crippen LogP contribution in [0, 0.1) is 23.3 Å². The zero-order chi connectivity index (χ0) is 25.3. The molecular formula is C14H8F10N2O4S2. The molecule has 32 heavy (non-hydrogen) atoms. The van der Waals surface area contributed by atoms with Crippen LogP contribution in [0.4, 0.5) is 55.3 Å². The summed E-state index contributed by atoms with van der Waals surface area (Å²) in [5.74, 6) is -5.10. The molecule has 6 nitrogen and oxygen atoms in total. The van der Waals surface area contributed by atoms with E-state index in [0.29, 0.717) is 0 Å². The van der Waals surface area contributed by atoms with Crippen LogP contribution < -0.4 is 9.44 Å². The summed E-state index contributed by atoms with van der Waals surface area (Å²) < 4.78 is 167. The third-order valence-corrected chi connectivity index (χ3v) is 6.70. The van der Waals surface area contributed by atoms with Gasteiger partial charge in [0.15, 0.2) is 5.82 Å². The van der Waals surface area contributed by atoms with Gasteiger partial charge in [-0.25, -0.2) is 17.6 Å². The number of nitrogen functional groups attached to an aromatic ring is 1. The van der Waals surface area contributed by atoms with E-state index in [1.807, 2.05) is 0 Å². The average molecular weight is 522 g/mol. The topological polar surface area (TPSA) is 97.5 Å². The highest BCUT2D eigenvalue weighted by Crippen LogP contribution is 2.39. The number of nitrogens with zero attached hydrogens (tertiary/aromatic N) is 1. The molecule has 0 amide bonds. The molecular weight excluding hydrogens is 514 g/mol. The highest BCUT2D eigenvalue weighted by atomic mass is 32.3. The van der Waals surface area contributed by atoms with Crippen LogP contribution in [0.5, 0.6) is 0 Å². The molecule has 2 aromatic carbocycles. The summed E-state index contributed by atoms with van der Waals surface area (Å²) in [5.41, 5.74) is -10.2. The van der Waals surface area contributed by atoms with Crippen molar-refractivity contribution in [3.8, 4) is 0 Å². The molecule has 0 radical (unpaired) electrons. The van der Waals surface area contributed by atoms with Crippen LogP contribution in [0.15, 0.2) is 36.4 Å². The van der Waals surface area contributed by atoms with E-state index in [0.717, 1.165) is 12.1 Å². The minimum Gasteiger partial charge on any atom is -0.396 e. The number of halogens is 10. The summed E-state index contributed by atoms with van der Waals surface area (Å²) in [6.07, 6.45) is 0. The number of rotatable bonds is 3. The van der Waals surface area contributed by atoms with E-state index in [-0.39, 0.29) is 23.9 Å². The Kier molecular flexibility index (Phi) is 7.67. The Hall–Kier alpha value is -2.76. The quantitative estimate of drug-likeness (QED) is 0.486. The second-order valence-corrected chi connectivity index (χ2v) is 9.15. The molecule has 0 saturated heterocycles. The number of sulfonamides is 2. The van der Waals surface area contributed by atoms with Gasteiger partial charge in [0.2, 0.25) is 0 Å². The minimum absolute atomic E-state index is 0.0311. The zero-order valence-corrected chi connectivity index (χ0v) is 16.4. The first-order valence-electron chi connectivity index (χ1n) is 7.32. The van der Waals surface area contributed by atoms with Crippen LogP contribution in [0.3, 0.4) is 0 Å². The van der Waals surface area contributed by atoms with Gasteiger partial charge in [0.05, 0.1) is 5.69 Å². The van der Waals surface area contributed by atoms with E-state index in [9.17, 15) is 60.7 Å². The summed E-state index contributed by atoms with van der Waals surface area (Å²) in [5, 5.41) is 0. The lowest BCUT2D eigenvalue weighted by molar-refractivity contribution is -0.0462. The lowest BCUT2D eigenvalue weighted by Gasteiger charge is -2.25. The molecule has 2 N–H and O–H groups in total. The van der Waals surface area contributed by atoms with Crippen molar-refractivity contribution in [3.63, 3.8) is 0 Å². The Morgan fingerprint density at radius 2 is 1.03 bits per heavy atom. The molecule has 2 aromatic rings. The van der Waals surface area contributed by atoms with Gasteiger partial charge in [0, 0.05) is 12.1 Å². The van der Waals surface area contributed by atoms with Gasteiger partial charge in [-0.2, -0.15) is 43.2 Å². The van der Waals surface area contributed by atoms with Gasteiger partial charge < -0.3 is 5.73 Å². The van der Waals surface area contributed by atoms with Crippen molar-refractivity contribution in [2.24, 2.45) is 0 Å². The molecule has 0 aromatic heterocycles. The Balaban J connectivity index is 0.000000471. The predicted molar refractivity (Wildman–Crippen MR) is 89.6 cm³/mol. The van der Waals surface area contributed by atoms with Crippen LogP contribution in [0.1, 0.15) is 0 Å². The first-order valence-corrected chi connectivity index (χ1v) is 10.2. The van der Waals surface area contributed by atoms with Crippen LogP contribution in [0.25, 0.3) is 0 Å². The standard InChI is InChI=1S/C8H3F8NO4S2.C6H5F2N/c9-4-1-2-6(5(10)3-4)17(22(18,19)7(11,12)13)23(20,21)8(14,15)16;7-4-1-2-6(9)5(8)3-4/h1-3H;1-3H,9H2. The van der Waals surface area contributed by atoms with Crippen LogP contribution >= 0.6 is 0 Å². The molecule has 18 heteroatoms. The van der Waals surface area contributed by atoms with Crippen molar-refractivity contribution in [1.82, 2.24) is 0 Å². The highest BCUT2D eigenvalue weighted by molar-refractivity contribution is 8.11. The molecule has 0 saturated carbocycles. The van der Waals surface area contributed by atoms with E-state index >= 15 is 0 Å². The first-order chi connectivity index (χ1) is 14.2. The van der Waals surface area contributed by atoms with Crippen molar-refractivity contribution in [1.29, 1.82) is 0 Å². The molecule has 2 rings (SSSR count). The van der Waals surface area contributed by atoms with E-state index < -0.39 is 63.7 Å². The zero-order valence-electron chi connectivity index (χ0n) is 14.7. The van der Waals surface area contributed by atoms with E-state index in [4.69, 9.17) is 5.73 Å². The number of alkyl halides is 6. The van der Waals surface area contributed by atoms with Gasteiger partial charge in [0.1, 0.15) is 23.1 Å². The highest BCUT2D eigenvalue weighted by Gasteiger charge is 2.62. The van der Waals surface area contributed by atoms with Gasteiger partial charge in [-0.05, 0) is 24.3 Å². The maximum absolute atomic E-state index is 13.4. The second-order valence-electron chi connectivity index (χ2n) is 5.36. The smallest absolute Gasteiger partial charge is 0.396 e. The van der Waals surface area contributed by atoms with Gasteiger partial charge in [0.25, 0.3) is 0 Å². The number of hydrogen-bond donors (Lipinski definition) is 1. The predicted octanol–water partition coefficient (Wildman–Crippen LogP) is 4.02. The molecule has 0 heterocycles. The lowest BCUT2D eigenvalue weighted by Crippen LogP contribution is -2.49. The van der Waals surface area contributed by atoms with Gasteiger partial charge in [-0.15, -0.1) is 3.71 Å². The Morgan fingerprint density at radius 1 is 0.656 bits per heavy atom. The van der Waals surface area contributed by atoms with Gasteiger partial charge in [-0.3, -0.25) is 0 Å². The van der Waals surface area contributed by atoms with E-state index in [1.54, 1.807) is 0 Å². The third kappa shape index (κ3) is 5.72. The maximum atomic E-state index is 13.4. The van der Waals surface area contributed by atoms with E-state index in [1.165, 1.54) is 6.07 Å². The number of benzene rings is 2. The normalized spacial score (nSPS) is 12.7. The molecule has 0 aliphatic rings. The van der Waals surface area contributed by atoms with Crippen LogP contribution in [-0.4, -0.2) is 27.9 Å². The third-order valence-electron chi connectivity index (χ3n) is 3.09. The Morgan fingerprint density at radius 3 is 1.34 bits per heavy atom. The molecule has 0 aliphatic heterocycles. The number of hydrogen-bond acceptors (Lipinski definition) is 5. The summed E-state index contributed by atoms with van der Waals surface area (Å²) in [7, 11) is -14.4. The summed E-state index contributed by atoms with van der Waals surface area (Å²) in [4.78, 5) is 0. The largest absolute Gasteiger partial charge is 0.517 e. The first kappa shape index (κ1) is 27.3. The van der Waals surface area contributed by atoms with Crippen molar-refractivity contribution < 1.29 is 60.7 Å². The van der Waals surface area contributed by atoms with Crippen LogP contribution in [0.2, 0.25) is 0 Å². The second kappa shape index (κ2) is 9.00. The average Bonchev–Trinajstić information content (AvgIpc) is 2.59. The molecule has 0 unspecified atom stereocenters. The molecule has 0 spiro atoms. The summed E-state index contributed by atoms with van der Waals surface area (Å²) >= 11 is 0. The number of nitrogens with two attached hydrogens (primary N) is 1. The van der Waals surface area contributed by atoms with E-state index in [2.05, 4.69) is 0 Å². The number of anilines is 2. The van der Waals surface area contributed by atoms with Gasteiger partial charge >= 0.3 is 31.1 Å². The van der Waals surface area contributed by atoms with Gasteiger partial charge in [-0.1, -0.05) is 0 Å². The van der Waals surface area contributed by atoms with Crippen molar-refractivity contribution in [2.45, 2.75) is 11.0 Å². The summed E-state index contributed by atoms with van der Waals surface area (Å²) in [6.45, 7) is 0. The molecule has 0 aliphatic carbocycles. The van der Waals surface area contributed by atoms with Crippen molar-refractivity contribution in [2.75, 3.05) is 9.44 Å². The van der Waals surface area contributed by atoms with Crippen molar-refractivity contribution in [3.05, 3.63) is 59.7 Å². The molecule has 180 valence electrons. The SMILES string of the molecule is Nc1ccc(F)cc1F.O=S(=O)(N(c1ccc(F)cc1F)S(=O)(=O)C(F)(F)F)C(F)(F)F. The monoisotopic (exact) mass is 522 g/mol. The molecule has 0 fully saturated rings. The fourth-order valence-corrected chi connectivity index (χ4v) is 4.44. The molecule has 0 bridgehead atoms. The fourth-order valence-electron chi connectivity index (χ4n) is 1.71. The Bertz CT molecular complexity index is 1150.